The fourth-order valence-electron chi connectivity index (χ4n) is 6.48. The third-order valence-electron chi connectivity index (χ3n) is 8.60. The van der Waals surface area contributed by atoms with Crippen LogP contribution in [0.2, 0.25) is 0 Å². The summed E-state index contributed by atoms with van der Waals surface area (Å²) in [7, 11) is 0. The molecule has 2 aliphatic rings. The van der Waals surface area contributed by atoms with Crippen molar-refractivity contribution in [2.45, 2.75) is 25.0 Å². The highest BCUT2D eigenvalue weighted by Gasteiger charge is 2.44. The van der Waals surface area contributed by atoms with E-state index in [1.54, 1.807) is 18.5 Å². The summed E-state index contributed by atoms with van der Waals surface area (Å²) in [5.74, 6) is 1.78. The maximum absolute atomic E-state index is 9.24. The molecule has 0 spiro atoms. The molecule has 214 valence electrons. The lowest BCUT2D eigenvalue weighted by molar-refractivity contribution is 0.229. The van der Waals surface area contributed by atoms with Gasteiger partial charge in [-0.15, -0.1) is 0 Å². The van der Waals surface area contributed by atoms with E-state index in [4.69, 9.17) is 15.7 Å². The number of pyridine rings is 2. The monoisotopic (exact) mass is 576 g/mol. The van der Waals surface area contributed by atoms with Gasteiger partial charge in [0.05, 0.1) is 11.3 Å². The second kappa shape index (κ2) is 10.6. The number of piperazine rings is 1. The van der Waals surface area contributed by atoms with Crippen LogP contribution in [0.15, 0.2) is 97.3 Å². The number of likely N-dealkylation sites (tertiary alicyclic amines) is 1. The highest BCUT2D eigenvalue weighted by Crippen LogP contribution is 2.35. The van der Waals surface area contributed by atoms with Crippen LogP contribution in [-0.2, 0) is 6.54 Å². The molecule has 0 aliphatic carbocycles. The maximum atomic E-state index is 9.24. The van der Waals surface area contributed by atoms with Crippen molar-refractivity contribution in [3.8, 4) is 34.4 Å². The molecule has 0 saturated carbocycles. The van der Waals surface area contributed by atoms with E-state index in [1.807, 2.05) is 42.5 Å². The van der Waals surface area contributed by atoms with Crippen LogP contribution >= 0.6 is 0 Å². The number of nitriles is 1. The van der Waals surface area contributed by atoms with Crippen molar-refractivity contribution < 1.29 is 0 Å². The molecule has 2 saturated heterocycles. The molecule has 0 amide bonds. The smallest absolute Gasteiger partial charge is 0.226 e. The van der Waals surface area contributed by atoms with Gasteiger partial charge in [0.2, 0.25) is 5.95 Å². The minimum absolute atomic E-state index is 0.350. The normalized spacial score (nSPS) is 17.8. The Labute approximate surface area is 254 Å². The first-order valence-electron chi connectivity index (χ1n) is 14.6. The van der Waals surface area contributed by atoms with Crippen molar-refractivity contribution in [3.63, 3.8) is 0 Å². The van der Waals surface area contributed by atoms with Crippen LogP contribution in [0.3, 0.4) is 0 Å². The van der Waals surface area contributed by atoms with Crippen molar-refractivity contribution in [1.29, 1.82) is 5.26 Å². The Hall–Kier alpha value is -5.66. The number of benzene rings is 2. The van der Waals surface area contributed by atoms with E-state index in [9.17, 15) is 5.26 Å². The molecule has 4 aromatic heterocycles. The SMILES string of the molecule is N#Cc1ccnc(N2C[C@H]3C[C@@H]2CN3Cc2ccc(-n3c(-c4cccnc4N)nc4ccc(-c5ccccc5)nc43)cc2)n1. The van der Waals surface area contributed by atoms with Crippen molar-refractivity contribution in [3.05, 3.63) is 109 Å². The Morgan fingerprint density at radius 3 is 2.45 bits per heavy atom. The lowest BCUT2D eigenvalue weighted by Gasteiger charge is -2.34. The number of rotatable bonds is 6. The summed E-state index contributed by atoms with van der Waals surface area (Å²) in [5, 5.41) is 9.24. The summed E-state index contributed by atoms with van der Waals surface area (Å²) >= 11 is 0. The van der Waals surface area contributed by atoms with Crippen LogP contribution in [0.25, 0.3) is 39.5 Å². The average Bonchev–Trinajstić information content (AvgIpc) is 3.78. The van der Waals surface area contributed by atoms with Crippen LogP contribution in [0.4, 0.5) is 11.8 Å². The Kier molecular flexibility index (Phi) is 6.24. The van der Waals surface area contributed by atoms with E-state index in [0.717, 1.165) is 59.7 Å². The topological polar surface area (TPSA) is 126 Å². The molecule has 6 aromatic rings. The van der Waals surface area contributed by atoms with E-state index >= 15 is 0 Å². The molecular weight excluding hydrogens is 548 g/mol. The summed E-state index contributed by atoms with van der Waals surface area (Å²) in [6.07, 6.45) is 4.43. The van der Waals surface area contributed by atoms with Crippen molar-refractivity contribution >= 4 is 22.9 Å². The second-order valence-electron chi connectivity index (χ2n) is 11.3. The molecular formula is C34H28N10. The number of nitrogens with two attached hydrogens (primary N) is 1. The van der Waals surface area contributed by atoms with Crippen LogP contribution in [0.5, 0.6) is 0 Å². The van der Waals surface area contributed by atoms with E-state index < -0.39 is 0 Å². The van der Waals surface area contributed by atoms with Crippen LogP contribution in [-0.4, -0.2) is 59.6 Å². The van der Waals surface area contributed by atoms with Crippen molar-refractivity contribution in [2.24, 2.45) is 0 Å². The van der Waals surface area contributed by atoms with Crippen LogP contribution in [0.1, 0.15) is 17.7 Å². The van der Waals surface area contributed by atoms with Gasteiger partial charge in [0.1, 0.15) is 23.1 Å². The van der Waals surface area contributed by atoms with Gasteiger partial charge in [-0.25, -0.2) is 24.9 Å². The Balaban J connectivity index is 1.09. The van der Waals surface area contributed by atoms with Gasteiger partial charge in [-0.3, -0.25) is 9.47 Å². The Morgan fingerprint density at radius 1 is 0.818 bits per heavy atom. The number of hydrogen-bond donors (Lipinski definition) is 1. The summed E-state index contributed by atoms with van der Waals surface area (Å²) < 4.78 is 2.07. The zero-order valence-corrected chi connectivity index (χ0v) is 23.8. The Bertz CT molecular complexity index is 2030. The van der Waals surface area contributed by atoms with Crippen molar-refractivity contribution in [1.82, 2.24) is 34.4 Å². The molecule has 2 aliphatic heterocycles. The maximum Gasteiger partial charge on any atom is 0.226 e. The number of fused-ring (bicyclic) bond motifs is 3. The molecule has 10 nitrogen and oxygen atoms in total. The third kappa shape index (κ3) is 4.51. The van der Waals surface area contributed by atoms with Gasteiger partial charge in [0.15, 0.2) is 11.5 Å². The highest BCUT2D eigenvalue weighted by molar-refractivity contribution is 5.84. The van der Waals surface area contributed by atoms with Gasteiger partial charge in [-0.1, -0.05) is 42.5 Å². The largest absolute Gasteiger partial charge is 0.383 e. The lowest BCUT2D eigenvalue weighted by atomic mass is 10.1. The molecule has 6 heterocycles. The molecule has 2 bridgehead atoms. The third-order valence-corrected chi connectivity index (χ3v) is 8.60. The first-order valence-corrected chi connectivity index (χ1v) is 14.6. The number of imidazole rings is 1. The molecule has 0 unspecified atom stereocenters. The van der Waals surface area contributed by atoms with E-state index in [0.29, 0.717) is 35.4 Å². The van der Waals surface area contributed by atoms with Crippen LogP contribution in [0, 0.1) is 11.3 Å². The molecule has 2 N–H and O–H groups in total. The zero-order chi connectivity index (χ0) is 29.6. The summed E-state index contributed by atoms with van der Waals surface area (Å²) in [6, 6.07) is 31.2. The molecule has 2 atom stereocenters. The highest BCUT2D eigenvalue weighted by atomic mass is 15.4. The van der Waals surface area contributed by atoms with Gasteiger partial charge in [-0.05, 0) is 54.4 Å². The number of nitrogen functional groups attached to an aromatic ring is 1. The lowest BCUT2D eigenvalue weighted by Crippen LogP contribution is -2.46. The molecule has 2 aromatic carbocycles. The van der Waals surface area contributed by atoms with Gasteiger partial charge in [0, 0.05) is 55.4 Å². The fourth-order valence-corrected chi connectivity index (χ4v) is 6.48. The van der Waals surface area contributed by atoms with Gasteiger partial charge >= 0.3 is 0 Å². The Morgan fingerprint density at radius 2 is 1.68 bits per heavy atom. The second-order valence-corrected chi connectivity index (χ2v) is 11.3. The minimum atomic E-state index is 0.350. The summed E-state index contributed by atoms with van der Waals surface area (Å²) in [4.78, 5) is 28.0. The standard InChI is InChI=1S/C34H28N10/c35-18-24-14-16-38-34(39-24)43-21-26-17-27(43)20-42(26)19-22-8-10-25(11-9-22)44-32(28-7-4-15-37-31(28)36)41-30-13-12-29(40-33(30)44)23-5-2-1-3-6-23/h1-16,26-27H,17,19-21H2,(H2,36,37)/t26-,27-/m1/s1. The number of anilines is 2. The molecule has 10 heteroatoms. The van der Waals surface area contributed by atoms with Crippen molar-refractivity contribution in [2.75, 3.05) is 23.7 Å². The first-order chi connectivity index (χ1) is 21.6. The molecule has 2 fully saturated rings. The molecule has 0 radical (unpaired) electrons. The van der Waals surface area contributed by atoms with Crippen LogP contribution < -0.4 is 10.6 Å². The molecule has 8 rings (SSSR count). The first kappa shape index (κ1) is 26.0. The number of hydrogen-bond acceptors (Lipinski definition) is 9. The zero-order valence-electron chi connectivity index (χ0n) is 23.8. The van der Waals surface area contributed by atoms with Gasteiger partial charge in [0.25, 0.3) is 0 Å². The number of aromatic nitrogens is 6. The van der Waals surface area contributed by atoms with Gasteiger partial charge < -0.3 is 10.6 Å². The predicted molar refractivity (Wildman–Crippen MR) is 169 cm³/mol. The minimum Gasteiger partial charge on any atom is -0.383 e. The molecule has 44 heavy (non-hydrogen) atoms. The quantitative estimate of drug-likeness (QED) is 0.296. The average molecular weight is 577 g/mol. The van der Waals surface area contributed by atoms with E-state index in [-0.39, 0.29) is 0 Å². The summed E-state index contributed by atoms with van der Waals surface area (Å²) in [6.45, 7) is 2.66. The van der Waals surface area contributed by atoms with E-state index in [2.05, 4.69) is 71.8 Å². The van der Waals surface area contributed by atoms with E-state index in [1.165, 1.54) is 5.56 Å². The fraction of sp³-hybridized carbons (Fsp3) is 0.176. The summed E-state index contributed by atoms with van der Waals surface area (Å²) in [5.41, 5.74) is 13.2. The predicted octanol–water partition coefficient (Wildman–Crippen LogP) is 4.86. The number of nitrogens with zero attached hydrogens (tertiary/aromatic N) is 9. The van der Waals surface area contributed by atoms with Gasteiger partial charge in [-0.2, -0.15) is 5.26 Å².